The Morgan fingerprint density at radius 3 is 2.36 bits per heavy atom. The van der Waals surface area contributed by atoms with Gasteiger partial charge in [-0.25, -0.2) is 0 Å². The van der Waals surface area contributed by atoms with Crippen molar-refractivity contribution in [2.24, 2.45) is 0 Å². The molecule has 1 atom stereocenters. The maximum absolute atomic E-state index is 13.5. The van der Waals surface area contributed by atoms with Gasteiger partial charge in [0.1, 0.15) is 6.04 Å². The van der Waals surface area contributed by atoms with Crippen LogP contribution in [0.15, 0.2) is 48.5 Å². The van der Waals surface area contributed by atoms with Gasteiger partial charge >= 0.3 is 0 Å². The first-order valence-corrected chi connectivity index (χ1v) is 11.4. The molecule has 3 aliphatic heterocycles. The Balaban J connectivity index is 1.48. The number of anilines is 1. The van der Waals surface area contributed by atoms with Crippen LogP contribution in [0.4, 0.5) is 5.69 Å². The van der Waals surface area contributed by atoms with Crippen molar-refractivity contribution in [1.29, 1.82) is 0 Å². The van der Waals surface area contributed by atoms with Crippen molar-refractivity contribution in [3.63, 3.8) is 0 Å². The Morgan fingerprint density at radius 1 is 0.879 bits per heavy atom. The summed E-state index contributed by atoms with van der Waals surface area (Å²) in [7, 11) is 0. The molecular weight excluding hydrogens is 420 g/mol. The lowest BCUT2D eigenvalue weighted by molar-refractivity contribution is -0.136. The van der Waals surface area contributed by atoms with Gasteiger partial charge in [0.2, 0.25) is 11.8 Å². The largest absolute Gasteiger partial charge is 0.364 e. The summed E-state index contributed by atoms with van der Waals surface area (Å²) in [5.74, 6) is -1.91. The van der Waals surface area contributed by atoms with E-state index in [4.69, 9.17) is 0 Å². The summed E-state index contributed by atoms with van der Waals surface area (Å²) in [5, 5.41) is 5.64. The third kappa shape index (κ3) is 3.91. The van der Waals surface area contributed by atoms with Crippen molar-refractivity contribution in [1.82, 2.24) is 15.5 Å². The molecule has 2 aromatic carbocycles. The van der Waals surface area contributed by atoms with Crippen LogP contribution < -0.4 is 15.5 Å². The number of amides is 4. The number of hydrogen-bond donors (Lipinski definition) is 2. The number of carbonyl (C=O) groups is 4. The fourth-order valence-electron chi connectivity index (χ4n) is 5.07. The Bertz CT molecular complexity index is 1110. The van der Waals surface area contributed by atoms with Crippen LogP contribution >= 0.6 is 0 Å². The van der Waals surface area contributed by atoms with E-state index in [-0.39, 0.29) is 18.7 Å². The van der Waals surface area contributed by atoms with E-state index in [0.717, 1.165) is 42.1 Å². The molecule has 0 saturated carbocycles. The zero-order valence-electron chi connectivity index (χ0n) is 18.3. The lowest BCUT2D eigenvalue weighted by Crippen LogP contribution is -2.54. The molecule has 170 valence electrons. The summed E-state index contributed by atoms with van der Waals surface area (Å²) < 4.78 is 0. The fourth-order valence-corrected chi connectivity index (χ4v) is 5.07. The first kappa shape index (κ1) is 21.3. The van der Waals surface area contributed by atoms with Gasteiger partial charge in [-0.2, -0.15) is 0 Å². The van der Waals surface area contributed by atoms with E-state index in [9.17, 15) is 19.2 Å². The molecule has 0 spiro atoms. The summed E-state index contributed by atoms with van der Waals surface area (Å²) in [6.07, 6.45) is 2.23. The molecule has 0 aromatic heterocycles. The van der Waals surface area contributed by atoms with Gasteiger partial charge in [0, 0.05) is 24.7 Å². The number of nitrogens with one attached hydrogen (secondary N) is 2. The molecule has 4 amide bonds. The zero-order valence-corrected chi connectivity index (χ0v) is 18.3. The van der Waals surface area contributed by atoms with Crippen molar-refractivity contribution in [2.45, 2.75) is 44.3 Å². The number of benzene rings is 2. The molecule has 2 aromatic rings. The highest BCUT2D eigenvalue weighted by Crippen LogP contribution is 2.32. The van der Waals surface area contributed by atoms with E-state index in [1.54, 1.807) is 12.1 Å². The Labute approximate surface area is 191 Å². The van der Waals surface area contributed by atoms with Gasteiger partial charge in [-0.3, -0.25) is 29.4 Å². The van der Waals surface area contributed by atoms with E-state index < -0.39 is 23.8 Å². The smallest absolute Gasteiger partial charge is 0.262 e. The van der Waals surface area contributed by atoms with Gasteiger partial charge < -0.3 is 10.2 Å². The minimum absolute atomic E-state index is 0.105. The van der Waals surface area contributed by atoms with Gasteiger partial charge in [0.05, 0.1) is 11.1 Å². The average Bonchev–Trinajstić information content (AvgIpc) is 3.09. The fraction of sp³-hybridized carbons (Fsp3) is 0.360. The van der Waals surface area contributed by atoms with Gasteiger partial charge in [0.25, 0.3) is 11.8 Å². The maximum Gasteiger partial charge on any atom is 0.262 e. The summed E-state index contributed by atoms with van der Waals surface area (Å²) in [6, 6.07) is 14.8. The van der Waals surface area contributed by atoms with Crippen LogP contribution in [0.3, 0.4) is 0 Å². The number of imide groups is 2. The average molecular weight is 447 g/mol. The molecule has 8 heteroatoms. The predicted octanol–water partition coefficient (Wildman–Crippen LogP) is 1.85. The highest BCUT2D eigenvalue weighted by molar-refractivity contribution is 6.24. The van der Waals surface area contributed by atoms with Crippen molar-refractivity contribution in [2.75, 3.05) is 18.0 Å². The lowest BCUT2D eigenvalue weighted by Gasteiger charge is -2.37. The number of piperidine rings is 2. The molecule has 0 bridgehead atoms. The minimum Gasteiger partial charge on any atom is -0.364 e. The molecule has 3 heterocycles. The predicted molar refractivity (Wildman–Crippen MR) is 122 cm³/mol. The Morgan fingerprint density at radius 2 is 1.64 bits per heavy atom. The second-order valence-corrected chi connectivity index (χ2v) is 8.73. The minimum atomic E-state index is -0.961. The first-order valence-electron chi connectivity index (χ1n) is 11.4. The van der Waals surface area contributed by atoms with Crippen molar-refractivity contribution in [3.8, 4) is 0 Å². The van der Waals surface area contributed by atoms with E-state index in [1.807, 2.05) is 24.3 Å². The number of fused-ring (bicyclic) bond motifs is 1. The summed E-state index contributed by atoms with van der Waals surface area (Å²) >= 11 is 0. The van der Waals surface area contributed by atoms with E-state index in [0.29, 0.717) is 23.7 Å². The Hall–Kier alpha value is -3.52. The molecule has 2 N–H and O–H groups in total. The molecule has 0 radical (unpaired) electrons. The summed E-state index contributed by atoms with van der Waals surface area (Å²) in [4.78, 5) is 53.9. The van der Waals surface area contributed by atoms with Crippen LogP contribution in [-0.4, -0.2) is 53.7 Å². The van der Waals surface area contributed by atoms with Crippen LogP contribution in [0.1, 0.15) is 52.0 Å². The first-order chi connectivity index (χ1) is 16.0. The van der Waals surface area contributed by atoms with Gasteiger partial charge in [-0.15, -0.1) is 0 Å². The molecule has 0 aliphatic carbocycles. The van der Waals surface area contributed by atoms with E-state index >= 15 is 0 Å². The van der Waals surface area contributed by atoms with Gasteiger partial charge in [-0.05, 0) is 56.1 Å². The number of rotatable bonds is 5. The quantitative estimate of drug-likeness (QED) is 0.681. The standard InChI is InChI=1S/C25H26N4O4/c30-21-10-9-20(23(31)27-21)29-24(32)19-8-4-5-16(22(19)25(29)33)15-28(17-6-2-1-3-7-17)18-11-13-26-14-12-18/h1-8,18,20,26H,9-15H2,(H,27,30,31). The normalized spacial score (nSPS) is 21.2. The van der Waals surface area contributed by atoms with Crippen LogP contribution in [0, 0.1) is 0 Å². The van der Waals surface area contributed by atoms with Crippen LogP contribution in [0.5, 0.6) is 0 Å². The number of hydrogen-bond acceptors (Lipinski definition) is 6. The number of carbonyl (C=O) groups excluding carboxylic acids is 4. The van der Waals surface area contributed by atoms with Crippen molar-refractivity contribution >= 4 is 29.3 Å². The maximum atomic E-state index is 13.5. The van der Waals surface area contributed by atoms with Crippen LogP contribution in [0.25, 0.3) is 0 Å². The monoisotopic (exact) mass is 446 g/mol. The second kappa shape index (κ2) is 8.78. The second-order valence-electron chi connectivity index (χ2n) is 8.73. The lowest BCUT2D eigenvalue weighted by atomic mass is 9.99. The van der Waals surface area contributed by atoms with E-state index in [2.05, 4.69) is 27.7 Å². The molecule has 2 fully saturated rings. The third-order valence-corrected chi connectivity index (χ3v) is 6.73. The van der Waals surface area contributed by atoms with Gasteiger partial charge in [-0.1, -0.05) is 30.3 Å². The topological polar surface area (TPSA) is 98.8 Å². The zero-order chi connectivity index (χ0) is 22.9. The van der Waals surface area contributed by atoms with E-state index in [1.165, 1.54) is 0 Å². The highest BCUT2D eigenvalue weighted by atomic mass is 16.2. The highest BCUT2D eigenvalue weighted by Gasteiger charge is 2.45. The number of para-hydroxylation sites is 1. The molecule has 8 nitrogen and oxygen atoms in total. The Kier molecular flexibility index (Phi) is 5.68. The van der Waals surface area contributed by atoms with Crippen molar-refractivity contribution < 1.29 is 19.2 Å². The molecular formula is C25H26N4O4. The molecule has 33 heavy (non-hydrogen) atoms. The summed E-state index contributed by atoms with van der Waals surface area (Å²) in [5.41, 5.74) is 2.52. The molecule has 3 aliphatic rings. The number of nitrogens with zero attached hydrogens (tertiary/aromatic N) is 2. The van der Waals surface area contributed by atoms with Crippen molar-refractivity contribution in [3.05, 3.63) is 65.2 Å². The van der Waals surface area contributed by atoms with Crippen LogP contribution in [0.2, 0.25) is 0 Å². The molecule has 2 saturated heterocycles. The third-order valence-electron chi connectivity index (χ3n) is 6.73. The molecule has 5 rings (SSSR count). The summed E-state index contributed by atoms with van der Waals surface area (Å²) in [6.45, 7) is 2.35. The van der Waals surface area contributed by atoms with Gasteiger partial charge in [0.15, 0.2) is 0 Å². The van der Waals surface area contributed by atoms with Crippen LogP contribution in [-0.2, 0) is 16.1 Å². The molecule has 1 unspecified atom stereocenters. The SMILES string of the molecule is O=C1CCC(N2C(=O)c3cccc(CN(c4ccccc4)C4CCNCC4)c3C2=O)C(=O)N1.